The Balaban J connectivity index is 0.00000836. The van der Waals surface area contributed by atoms with Crippen molar-refractivity contribution in [3.8, 4) is 107 Å². The molecular weight excluding hydrogens is 1230 g/mol. The largest absolute Gasteiger partial charge is 0.510 e. The minimum Gasteiger partial charge on any atom is -0.510 e. The molecule has 1 aliphatic rings. The number of hydrogen-bond donors (Lipinski definition) is 0. The van der Waals surface area contributed by atoms with E-state index in [1.165, 1.54) is 0 Å². The molecule has 0 unspecified atom stereocenters. The van der Waals surface area contributed by atoms with Crippen molar-refractivity contribution >= 4 is 32.8 Å². The van der Waals surface area contributed by atoms with Gasteiger partial charge in [-0.3, -0.25) is 4.57 Å². The third-order valence-electron chi connectivity index (χ3n) is 16.0. The Kier molecular flexibility index (Phi) is 10.3. The van der Waals surface area contributed by atoms with Crippen LogP contribution in [0.2, 0.25) is 0 Å². The molecule has 0 radical (unpaired) electrons. The van der Waals surface area contributed by atoms with Crippen LogP contribution in [0.25, 0.3) is 128 Å². The van der Waals surface area contributed by atoms with Gasteiger partial charge in [0, 0.05) is 44.3 Å². The summed E-state index contributed by atoms with van der Waals surface area (Å²) < 4.78 is 133. The third-order valence-corrected chi connectivity index (χ3v) is 16.0. The number of nitrogens with zero attached hydrogens (tertiary/aromatic N) is 4. The summed E-state index contributed by atoms with van der Waals surface area (Å²) >= 11 is 0. The Hall–Kier alpha value is -9.67. The molecule has 86 heavy (non-hydrogen) atoms. The fourth-order valence-electron chi connectivity index (χ4n) is 11.8. The number of imidazole rings is 1. The van der Waals surface area contributed by atoms with Gasteiger partial charge in [0.15, 0.2) is 0 Å². The van der Waals surface area contributed by atoms with Crippen LogP contribution in [0.3, 0.4) is 0 Å². The minimum absolute atomic E-state index is 0. The Morgan fingerprint density at radius 3 is 1.69 bits per heavy atom. The Bertz CT molecular complexity index is 5600. The smallest absolute Gasteiger partial charge is 0.268 e. The van der Waals surface area contributed by atoms with E-state index < -0.39 is 101 Å². The van der Waals surface area contributed by atoms with Crippen LogP contribution >= 0.6 is 0 Å². The number of para-hydroxylation sites is 2. The second-order valence-electron chi connectivity index (χ2n) is 23.4. The molecule has 14 aromatic rings. The van der Waals surface area contributed by atoms with E-state index in [2.05, 4.69) is 137 Å². The van der Waals surface area contributed by atoms with Gasteiger partial charge in [0.1, 0.15) is 5.82 Å². The molecule has 4 heterocycles. The predicted molar refractivity (Wildman–Crippen MR) is 349 cm³/mol. The van der Waals surface area contributed by atoms with Gasteiger partial charge in [-0.1, -0.05) is 223 Å². The van der Waals surface area contributed by atoms with E-state index in [0.717, 1.165) is 77.8 Å². The third kappa shape index (κ3) is 9.57. The van der Waals surface area contributed by atoms with Crippen LogP contribution in [-0.2, 0) is 31.9 Å². The molecule has 0 spiro atoms. The molecular formula is C80H60N4OPt-2. The summed E-state index contributed by atoms with van der Waals surface area (Å²) in [5, 5.41) is 1.97. The van der Waals surface area contributed by atoms with E-state index in [9.17, 15) is 9.60 Å². The van der Waals surface area contributed by atoms with Gasteiger partial charge >= 0.3 is 0 Å². The maximum atomic E-state index is 10.4. The summed E-state index contributed by atoms with van der Waals surface area (Å²) in [6.45, 7) is 13.0. The number of pyridine rings is 1. The predicted octanol–water partition coefficient (Wildman–Crippen LogP) is 20.2. The maximum Gasteiger partial charge on any atom is 0.268 e. The monoisotopic (exact) mass is 1300 g/mol. The van der Waals surface area contributed by atoms with Gasteiger partial charge < -0.3 is 13.9 Å². The number of benzene rings is 11. The zero-order valence-corrected chi connectivity index (χ0v) is 50.0. The van der Waals surface area contributed by atoms with Gasteiger partial charge in [0.25, 0.3) is 6.33 Å². The molecule has 3 aromatic heterocycles. The van der Waals surface area contributed by atoms with Gasteiger partial charge in [0.05, 0.1) is 34.5 Å². The molecule has 5 nitrogen and oxygen atoms in total. The molecule has 6 heteroatoms. The number of aromatic nitrogens is 4. The summed E-state index contributed by atoms with van der Waals surface area (Å²) in [5.74, 6) is 1.43. The summed E-state index contributed by atoms with van der Waals surface area (Å²) in [7, 11) is 0. The molecule has 0 saturated carbocycles. The fraction of sp³-hybridized carbons (Fsp3) is 0.100. The van der Waals surface area contributed by atoms with Crippen molar-refractivity contribution in [1.29, 1.82) is 0 Å². The summed E-state index contributed by atoms with van der Waals surface area (Å²) in [6, 6.07) is 53.9. The van der Waals surface area contributed by atoms with Crippen LogP contribution in [0, 0.1) is 18.5 Å². The van der Waals surface area contributed by atoms with Crippen molar-refractivity contribution in [2.24, 2.45) is 0 Å². The van der Waals surface area contributed by atoms with E-state index in [1.807, 2.05) is 100 Å². The van der Waals surface area contributed by atoms with Gasteiger partial charge in [-0.25, -0.2) is 4.98 Å². The number of fused-ring (bicyclic) bond motifs is 10. The first kappa shape index (κ1) is 41.4. The van der Waals surface area contributed by atoms with Crippen molar-refractivity contribution in [2.45, 2.75) is 52.4 Å². The van der Waals surface area contributed by atoms with E-state index in [0.29, 0.717) is 39.3 Å². The van der Waals surface area contributed by atoms with E-state index in [1.54, 1.807) is 12.1 Å². The molecule has 0 fully saturated rings. The van der Waals surface area contributed by atoms with Crippen LogP contribution in [0.5, 0.6) is 11.5 Å². The first-order chi connectivity index (χ1) is 46.8. The van der Waals surface area contributed by atoms with Gasteiger partial charge in [-0.2, -0.15) is 18.2 Å². The van der Waals surface area contributed by atoms with Crippen LogP contribution in [0.4, 0.5) is 0 Å². The molecule has 0 amide bonds. The molecule has 0 saturated heterocycles. The summed E-state index contributed by atoms with van der Waals surface area (Å²) in [5.41, 5.74) is 10.3. The normalized spacial score (nSPS) is 14.1. The first-order valence-corrected chi connectivity index (χ1v) is 28.2. The summed E-state index contributed by atoms with van der Waals surface area (Å²) in [4.78, 5) is 4.88. The van der Waals surface area contributed by atoms with Crippen LogP contribution in [0.15, 0.2) is 255 Å². The maximum absolute atomic E-state index is 10.4. The van der Waals surface area contributed by atoms with Gasteiger partial charge in [-0.05, 0) is 153 Å². The molecule has 0 atom stereocenters. The van der Waals surface area contributed by atoms with Crippen LogP contribution in [-0.4, -0.2) is 14.1 Å². The standard InChI is InChI=1S/C80H60N4O.Pt/c1-79(2,3)59-37-35-54(36-38-59)64-32-20-33-71-67-29-15-13-27-65(67)66-28-14-16-30-68(66)72-46-58(57-44-55(52-21-9-7-10-22-52)43-56(45-57)53-23-11-8-12-24-53)47-75-78(72)83(77(64)71)51-82(75)61-25-19-26-62(49-61)85-63-39-40-70-69-31-17-18-34-73(69)84(74(70)50-63)76-48-60(41-42-81-76)80(4,5)6;/h7-48H,1-6H3;/q-2;/i7D,8D,9D,10D,11D,12D,21D,22D,23D,24D,43D,44D,45D;. The molecule has 11 aromatic carbocycles. The number of hydrogen-bond acceptors (Lipinski definition) is 2. The number of rotatable bonds is 8. The molecule has 15 rings (SSSR count). The van der Waals surface area contributed by atoms with E-state index in [4.69, 9.17) is 17.9 Å². The number of ether oxygens (including phenoxy) is 1. The Morgan fingerprint density at radius 1 is 0.453 bits per heavy atom. The SMILES string of the molecule is [2H]c1c([2H])c([2H])c(-c2c([2H])c(-c3cc4c5c(c3)n(-c3[c-]c(Oc6[c-]c7c(cc6)c6ccccc6n7-c6cc(C(C)(C)C)ccn6)ccc3)[c-][n+]5-c3c(-c5ccc(C(C)(C)C)cc5)cccc3-c3ccccc3-c3ccccc3-4)c([2H])c(-c3c([2H])c([2H])c([2H])c([2H])c3[2H])c2[2H])c([2H])c1[2H].[Pt]. The summed E-state index contributed by atoms with van der Waals surface area (Å²) in [6.07, 6.45) is 5.65. The van der Waals surface area contributed by atoms with Gasteiger partial charge in [0.2, 0.25) is 0 Å². The quantitative estimate of drug-likeness (QED) is 0.112. The topological polar surface area (TPSA) is 35.9 Å². The fourth-order valence-corrected chi connectivity index (χ4v) is 11.8. The van der Waals surface area contributed by atoms with E-state index in [-0.39, 0.29) is 43.0 Å². The van der Waals surface area contributed by atoms with Crippen molar-refractivity contribution in [3.05, 3.63) is 284 Å². The zero-order chi connectivity index (χ0) is 68.9. The Labute approximate surface area is 535 Å². The molecule has 0 aliphatic carbocycles. The second kappa shape index (κ2) is 21.4. The van der Waals surface area contributed by atoms with Crippen LogP contribution < -0.4 is 9.30 Å². The van der Waals surface area contributed by atoms with Crippen molar-refractivity contribution in [3.63, 3.8) is 0 Å². The average Bonchev–Trinajstić information content (AvgIpc) is 1.63. The van der Waals surface area contributed by atoms with Gasteiger partial charge in [-0.15, -0.1) is 29.7 Å². The molecule has 418 valence electrons. The van der Waals surface area contributed by atoms with Crippen LogP contribution in [0.1, 0.15) is 70.5 Å². The first-order valence-electron chi connectivity index (χ1n) is 34.7. The average molecular weight is 1300 g/mol. The Morgan fingerprint density at radius 2 is 1.02 bits per heavy atom. The van der Waals surface area contributed by atoms with Crippen molar-refractivity contribution in [2.75, 3.05) is 0 Å². The minimum atomic E-state index is -0.752. The second-order valence-corrected chi connectivity index (χ2v) is 23.4. The van der Waals surface area contributed by atoms with Crippen molar-refractivity contribution in [1.82, 2.24) is 14.1 Å². The zero-order valence-electron chi connectivity index (χ0n) is 60.8. The van der Waals surface area contributed by atoms with E-state index >= 15 is 0 Å². The molecule has 0 bridgehead atoms. The molecule has 1 aliphatic heterocycles. The van der Waals surface area contributed by atoms with Crippen molar-refractivity contribution < 1.29 is 48.2 Å². The molecule has 0 N–H and O–H groups in total.